The van der Waals surface area contributed by atoms with Crippen molar-refractivity contribution in [1.29, 1.82) is 0 Å². The number of rotatable bonds is 7. The summed E-state index contributed by atoms with van der Waals surface area (Å²) in [4.78, 5) is 12.0. The number of benzene rings is 1. The van der Waals surface area contributed by atoms with Crippen LogP contribution < -0.4 is 5.32 Å². The van der Waals surface area contributed by atoms with Gasteiger partial charge in [-0.15, -0.1) is 0 Å². The van der Waals surface area contributed by atoms with Crippen LogP contribution in [0.2, 0.25) is 5.02 Å². The van der Waals surface area contributed by atoms with Crippen LogP contribution in [0.5, 0.6) is 0 Å². The van der Waals surface area contributed by atoms with E-state index in [-0.39, 0.29) is 31.0 Å². The highest BCUT2D eigenvalue weighted by atomic mass is 35.5. The van der Waals surface area contributed by atoms with Crippen LogP contribution in [0.15, 0.2) is 24.3 Å². The van der Waals surface area contributed by atoms with E-state index in [1.165, 1.54) is 0 Å². The largest absolute Gasteiger partial charge is 0.352 e. The van der Waals surface area contributed by atoms with Crippen LogP contribution in [0.3, 0.4) is 0 Å². The number of amides is 1. The summed E-state index contributed by atoms with van der Waals surface area (Å²) in [5.74, 6) is -0.0436. The van der Waals surface area contributed by atoms with Crippen LogP contribution in [0.25, 0.3) is 0 Å². The quantitative estimate of drug-likeness (QED) is 0.823. The van der Waals surface area contributed by atoms with E-state index in [1.54, 1.807) is 24.3 Å². The average molecular weight is 347 g/mol. The molecule has 1 rings (SSSR count). The van der Waals surface area contributed by atoms with Crippen LogP contribution >= 0.6 is 11.6 Å². The van der Waals surface area contributed by atoms with E-state index >= 15 is 0 Å². The highest BCUT2D eigenvalue weighted by Crippen LogP contribution is 2.18. The van der Waals surface area contributed by atoms with Gasteiger partial charge in [0, 0.05) is 17.6 Å². The molecule has 1 amide bonds. The van der Waals surface area contributed by atoms with Gasteiger partial charge in [0.15, 0.2) is 0 Å². The molecule has 0 saturated carbocycles. The van der Waals surface area contributed by atoms with Crippen molar-refractivity contribution in [3.63, 3.8) is 0 Å². The van der Waals surface area contributed by atoms with Crippen LogP contribution in [-0.2, 0) is 21.4 Å². The molecule has 5 nitrogen and oxygen atoms in total. The molecule has 1 atom stereocenters. The lowest BCUT2D eigenvalue weighted by atomic mass is 10.1. The number of hydrogen-bond acceptors (Lipinski definition) is 3. The molecule has 0 aliphatic carbocycles. The molecule has 124 valence electrons. The second-order valence-corrected chi connectivity index (χ2v) is 8.11. The normalized spacial score (nSPS) is 13.4. The van der Waals surface area contributed by atoms with Crippen LogP contribution in [0.4, 0.5) is 0 Å². The fraction of sp³-hybridized carbons (Fsp3) is 0.533. The molecule has 7 heteroatoms. The molecule has 0 aliphatic rings. The molecule has 0 aromatic heterocycles. The molecule has 1 aromatic carbocycles. The van der Waals surface area contributed by atoms with Gasteiger partial charge < -0.3 is 5.32 Å². The molecule has 1 N–H and O–H groups in total. The summed E-state index contributed by atoms with van der Waals surface area (Å²) in [6.07, 6.45) is 1.09. The van der Waals surface area contributed by atoms with E-state index in [2.05, 4.69) is 5.32 Å². The SMILES string of the molecule is CC(C)[C@H](C)NC(=O)CN(Cc1ccccc1Cl)S(C)(=O)=O. The van der Waals surface area contributed by atoms with Crippen molar-refractivity contribution >= 4 is 27.5 Å². The van der Waals surface area contributed by atoms with Gasteiger partial charge in [0.25, 0.3) is 0 Å². The van der Waals surface area contributed by atoms with Crippen molar-refractivity contribution in [3.8, 4) is 0 Å². The molecular formula is C15H23ClN2O3S. The van der Waals surface area contributed by atoms with Crippen LogP contribution in [0, 0.1) is 5.92 Å². The first-order valence-corrected chi connectivity index (χ1v) is 9.31. The van der Waals surface area contributed by atoms with Gasteiger partial charge in [-0.1, -0.05) is 43.6 Å². The van der Waals surface area contributed by atoms with E-state index in [9.17, 15) is 13.2 Å². The number of sulfonamides is 1. The van der Waals surface area contributed by atoms with Gasteiger partial charge in [-0.3, -0.25) is 4.79 Å². The standard InChI is InChI=1S/C15H23ClN2O3S/c1-11(2)12(3)17-15(19)10-18(22(4,20)21)9-13-7-5-6-8-14(13)16/h5-8,11-12H,9-10H2,1-4H3,(H,17,19)/t12-/m0/s1. The maximum Gasteiger partial charge on any atom is 0.235 e. The highest BCUT2D eigenvalue weighted by Gasteiger charge is 2.22. The summed E-state index contributed by atoms with van der Waals surface area (Å²) >= 11 is 6.06. The van der Waals surface area contributed by atoms with Crippen LogP contribution in [0.1, 0.15) is 26.3 Å². The Morgan fingerprint density at radius 2 is 1.86 bits per heavy atom. The lowest BCUT2D eigenvalue weighted by molar-refractivity contribution is -0.122. The van der Waals surface area contributed by atoms with Crippen molar-refractivity contribution < 1.29 is 13.2 Å². The topological polar surface area (TPSA) is 66.5 Å². The summed E-state index contributed by atoms with van der Waals surface area (Å²) in [7, 11) is -3.52. The fourth-order valence-electron chi connectivity index (χ4n) is 1.73. The first-order chi connectivity index (χ1) is 10.1. The van der Waals surface area contributed by atoms with E-state index in [4.69, 9.17) is 11.6 Å². The lowest BCUT2D eigenvalue weighted by Gasteiger charge is -2.23. The summed E-state index contributed by atoms with van der Waals surface area (Å²) in [5, 5.41) is 3.28. The third kappa shape index (κ3) is 5.94. The third-order valence-corrected chi connectivity index (χ3v) is 5.05. The smallest absolute Gasteiger partial charge is 0.235 e. The van der Waals surface area contributed by atoms with Crippen LogP contribution in [-0.4, -0.2) is 37.5 Å². The Bertz CT molecular complexity index is 617. The molecule has 0 radical (unpaired) electrons. The summed E-state index contributed by atoms with van der Waals surface area (Å²) < 4.78 is 24.9. The second kappa shape index (κ2) is 7.94. The van der Waals surface area contributed by atoms with Gasteiger partial charge in [-0.05, 0) is 24.5 Å². The van der Waals surface area contributed by atoms with E-state index < -0.39 is 10.0 Å². The molecule has 0 fully saturated rings. The highest BCUT2D eigenvalue weighted by molar-refractivity contribution is 7.88. The third-order valence-electron chi connectivity index (χ3n) is 3.48. The van der Waals surface area contributed by atoms with E-state index in [1.807, 2.05) is 20.8 Å². The van der Waals surface area contributed by atoms with Crippen molar-refractivity contribution in [2.45, 2.75) is 33.4 Å². The van der Waals surface area contributed by atoms with Gasteiger partial charge in [-0.2, -0.15) is 4.31 Å². The first kappa shape index (κ1) is 18.9. The Balaban J connectivity index is 2.83. The Morgan fingerprint density at radius 3 is 2.36 bits per heavy atom. The number of halogens is 1. The second-order valence-electron chi connectivity index (χ2n) is 5.72. The molecule has 0 spiro atoms. The summed E-state index contributed by atoms with van der Waals surface area (Å²) in [6.45, 7) is 5.72. The Labute approximate surface area is 137 Å². The molecule has 0 bridgehead atoms. The Morgan fingerprint density at radius 1 is 1.27 bits per heavy atom. The van der Waals surface area contributed by atoms with Crippen molar-refractivity contribution in [2.24, 2.45) is 5.92 Å². The van der Waals surface area contributed by atoms with Gasteiger partial charge in [0.1, 0.15) is 0 Å². The summed E-state index contributed by atoms with van der Waals surface area (Å²) in [5.41, 5.74) is 0.666. The number of nitrogens with one attached hydrogen (secondary N) is 1. The Kier molecular flexibility index (Phi) is 6.84. The fourth-order valence-corrected chi connectivity index (χ4v) is 2.65. The zero-order chi connectivity index (χ0) is 16.9. The predicted octanol–water partition coefficient (Wildman–Crippen LogP) is 2.26. The maximum absolute atomic E-state index is 12.0. The van der Waals surface area contributed by atoms with Crippen molar-refractivity contribution in [2.75, 3.05) is 12.8 Å². The van der Waals surface area contributed by atoms with Crippen molar-refractivity contribution in [1.82, 2.24) is 9.62 Å². The number of nitrogens with zero attached hydrogens (tertiary/aromatic N) is 1. The molecule has 22 heavy (non-hydrogen) atoms. The molecular weight excluding hydrogens is 324 g/mol. The molecule has 1 aromatic rings. The minimum absolute atomic E-state index is 0.0192. The van der Waals surface area contributed by atoms with E-state index in [0.717, 1.165) is 10.6 Å². The predicted molar refractivity (Wildman–Crippen MR) is 89.1 cm³/mol. The first-order valence-electron chi connectivity index (χ1n) is 7.09. The average Bonchev–Trinajstić information content (AvgIpc) is 2.39. The lowest BCUT2D eigenvalue weighted by Crippen LogP contribution is -2.44. The van der Waals surface area contributed by atoms with E-state index in [0.29, 0.717) is 10.6 Å². The van der Waals surface area contributed by atoms with Gasteiger partial charge in [0.05, 0.1) is 12.8 Å². The zero-order valence-electron chi connectivity index (χ0n) is 13.3. The number of carbonyl (C=O) groups is 1. The minimum atomic E-state index is -3.52. The van der Waals surface area contributed by atoms with Gasteiger partial charge >= 0.3 is 0 Å². The maximum atomic E-state index is 12.0. The van der Waals surface area contributed by atoms with Gasteiger partial charge in [0.2, 0.25) is 15.9 Å². The molecule has 0 unspecified atom stereocenters. The number of hydrogen-bond donors (Lipinski definition) is 1. The molecule has 0 heterocycles. The molecule has 0 saturated heterocycles. The number of carbonyl (C=O) groups excluding carboxylic acids is 1. The monoisotopic (exact) mass is 346 g/mol. The summed E-state index contributed by atoms with van der Waals surface area (Å²) in [6, 6.07) is 6.97. The Hall–Kier alpha value is -1.11. The van der Waals surface area contributed by atoms with Crippen molar-refractivity contribution in [3.05, 3.63) is 34.9 Å². The van der Waals surface area contributed by atoms with Gasteiger partial charge in [-0.25, -0.2) is 8.42 Å². The molecule has 0 aliphatic heterocycles. The zero-order valence-corrected chi connectivity index (χ0v) is 14.9. The minimum Gasteiger partial charge on any atom is -0.352 e.